The van der Waals surface area contributed by atoms with Crippen molar-refractivity contribution in [1.82, 2.24) is 24.9 Å². The molecule has 2 aromatic carbocycles. The molecule has 0 bridgehead atoms. The summed E-state index contributed by atoms with van der Waals surface area (Å²) < 4.78 is 19.4. The number of hydrogen-bond donors (Lipinski definition) is 3. The van der Waals surface area contributed by atoms with E-state index in [1.165, 1.54) is 18.5 Å². The van der Waals surface area contributed by atoms with Crippen molar-refractivity contribution in [3.05, 3.63) is 89.6 Å². The van der Waals surface area contributed by atoms with Crippen LogP contribution in [0.3, 0.4) is 0 Å². The van der Waals surface area contributed by atoms with Crippen LogP contribution in [0.5, 0.6) is 5.75 Å². The van der Waals surface area contributed by atoms with E-state index >= 15 is 0 Å². The minimum Gasteiger partial charge on any atom is -0.491 e. The van der Waals surface area contributed by atoms with Crippen LogP contribution in [0.1, 0.15) is 16.7 Å². The van der Waals surface area contributed by atoms with Gasteiger partial charge in [0.05, 0.1) is 17.8 Å². The number of imidazole rings is 1. The van der Waals surface area contributed by atoms with Crippen LogP contribution in [0, 0.1) is 5.82 Å². The van der Waals surface area contributed by atoms with Gasteiger partial charge in [0.1, 0.15) is 30.3 Å². The summed E-state index contributed by atoms with van der Waals surface area (Å²) in [5, 5.41) is 11.1. The molecule has 0 radical (unpaired) electrons. The van der Waals surface area contributed by atoms with Gasteiger partial charge in [0.2, 0.25) is 5.95 Å². The summed E-state index contributed by atoms with van der Waals surface area (Å²) >= 11 is 0. The molecule has 190 valence electrons. The molecule has 0 saturated heterocycles. The van der Waals surface area contributed by atoms with E-state index in [2.05, 4.69) is 35.1 Å². The SMILES string of the molecule is O=C(O)Nc1nc2nc(-c3ccc4c(c3)CN(c3ncncc3Cc3ccc(F)cc3)CCO4)ccc2[nH]1. The zero-order valence-electron chi connectivity index (χ0n) is 20.1. The lowest BCUT2D eigenvalue weighted by Gasteiger charge is -2.23. The Bertz CT molecular complexity index is 1640. The van der Waals surface area contributed by atoms with Gasteiger partial charge in [-0.25, -0.2) is 24.1 Å². The highest BCUT2D eigenvalue weighted by Gasteiger charge is 2.20. The lowest BCUT2D eigenvalue weighted by Crippen LogP contribution is -2.27. The predicted octanol–water partition coefficient (Wildman–Crippen LogP) is 4.63. The maximum atomic E-state index is 13.4. The van der Waals surface area contributed by atoms with E-state index in [1.54, 1.807) is 18.3 Å². The molecule has 6 rings (SSSR count). The average Bonchev–Trinajstić information content (AvgIpc) is 3.18. The van der Waals surface area contributed by atoms with E-state index in [1.807, 2.05) is 30.3 Å². The number of carbonyl (C=O) groups is 1. The summed E-state index contributed by atoms with van der Waals surface area (Å²) in [6.07, 6.45) is 2.70. The maximum Gasteiger partial charge on any atom is 0.411 e. The number of nitrogens with one attached hydrogen (secondary N) is 2. The third-order valence-corrected chi connectivity index (χ3v) is 6.28. The Kier molecular flexibility index (Phi) is 6.00. The van der Waals surface area contributed by atoms with Crippen molar-refractivity contribution in [3.63, 3.8) is 0 Å². The van der Waals surface area contributed by atoms with Crippen molar-refractivity contribution < 1.29 is 19.0 Å². The van der Waals surface area contributed by atoms with Crippen LogP contribution in [0.15, 0.2) is 67.1 Å². The number of fused-ring (bicyclic) bond motifs is 2. The van der Waals surface area contributed by atoms with Crippen molar-refractivity contribution >= 4 is 29.0 Å². The molecule has 0 atom stereocenters. The quantitative estimate of drug-likeness (QED) is 0.311. The van der Waals surface area contributed by atoms with Crippen LogP contribution in [0.25, 0.3) is 22.4 Å². The van der Waals surface area contributed by atoms with Gasteiger partial charge in [-0.1, -0.05) is 12.1 Å². The number of ether oxygens (including phenoxy) is 1. The molecule has 38 heavy (non-hydrogen) atoms. The van der Waals surface area contributed by atoms with E-state index in [4.69, 9.17) is 9.84 Å². The summed E-state index contributed by atoms with van der Waals surface area (Å²) in [4.78, 5) is 33.6. The first-order valence-electron chi connectivity index (χ1n) is 11.9. The Morgan fingerprint density at radius 3 is 2.84 bits per heavy atom. The molecule has 3 aromatic heterocycles. The number of aromatic nitrogens is 5. The number of aromatic amines is 1. The van der Waals surface area contributed by atoms with Crippen LogP contribution >= 0.6 is 0 Å². The highest BCUT2D eigenvalue weighted by atomic mass is 19.1. The van der Waals surface area contributed by atoms with Gasteiger partial charge in [-0.05, 0) is 48.0 Å². The van der Waals surface area contributed by atoms with E-state index in [0.29, 0.717) is 43.0 Å². The number of carboxylic acid groups (broad SMARTS) is 1. The van der Waals surface area contributed by atoms with Gasteiger partial charge in [-0.3, -0.25) is 5.32 Å². The average molecular weight is 512 g/mol. The molecular formula is C27H22FN7O3. The normalized spacial score (nSPS) is 13.0. The van der Waals surface area contributed by atoms with Crippen molar-refractivity contribution in [2.75, 3.05) is 23.4 Å². The first-order valence-corrected chi connectivity index (χ1v) is 11.9. The molecule has 10 nitrogen and oxygen atoms in total. The van der Waals surface area contributed by atoms with Gasteiger partial charge in [0.15, 0.2) is 5.65 Å². The fourth-order valence-corrected chi connectivity index (χ4v) is 4.53. The number of rotatable bonds is 5. The number of nitrogens with zero attached hydrogens (tertiary/aromatic N) is 5. The van der Waals surface area contributed by atoms with Gasteiger partial charge < -0.3 is 19.7 Å². The standard InChI is InChI=1S/C27H22FN7O3/c28-20-4-1-16(2-5-20)11-18-13-29-15-30-25(18)35-9-10-38-23-8-3-17(12-19(23)14-35)21-6-7-22-24(31-21)33-26(32-22)34-27(36)37/h1-8,12-13,15H,9-11,14H2,(H,36,37)(H2,31,32,33,34). The van der Waals surface area contributed by atoms with Crippen molar-refractivity contribution in [2.45, 2.75) is 13.0 Å². The summed E-state index contributed by atoms with van der Waals surface area (Å²) in [6, 6.07) is 16.0. The van der Waals surface area contributed by atoms with Crippen molar-refractivity contribution in [3.8, 4) is 17.0 Å². The molecule has 0 spiro atoms. The Morgan fingerprint density at radius 2 is 2.00 bits per heavy atom. The Hall–Kier alpha value is -5.06. The smallest absolute Gasteiger partial charge is 0.411 e. The summed E-state index contributed by atoms with van der Waals surface area (Å²) in [5.74, 6) is 1.44. The van der Waals surface area contributed by atoms with Crippen LogP contribution in [0.4, 0.5) is 21.0 Å². The highest BCUT2D eigenvalue weighted by molar-refractivity contribution is 5.84. The van der Waals surface area contributed by atoms with Gasteiger partial charge in [0.25, 0.3) is 0 Å². The van der Waals surface area contributed by atoms with Crippen molar-refractivity contribution in [2.24, 2.45) is 0 Å². The van der Waals surface area contributed by atoms with Gasteiger partial charge in [0, 0.05) is 35.9 Å². The molecule has 1 amide bonds. The number of anilines is 2. The molecule has 0 fully saturated rings. The largest absolute Gasteiger partial charge is 0.491 e. The number of amides is 1. The fourth-order valence-electron chi connectivity index (χ4n) is 4.53. The fraction of sp³-hybridized carbons (Fsp3) is 0.148. The molecular weight excluding hydrogens is 489 g/mol. The summed E-state index contributed by atoms with van der Waals surface area (Å²) in [5.41, 5.74) is 5.49. The predicted molar refractivity (Wildman–Crippen MR) is 139 cm³/mol. The van der Waals surface area contributed by atoms with E-state index in [-0.39, 0.29) is 11.8 Å². The topological polar surface area (TPSA) is 129 Å². The monoisotopic (exact) mass is 511 g/mol. The van der Waals surface area contributed by atoms with Crippen LogP contribution in [-0.4, -0.2) is 49.3 Å². The molecule has 0 unspecified atom stereocenters. The zero-order chi connectivity index (χ0) is 26.1. The Labute approximate surface area is 216 Å². The van der Waals surface area contributed by atoms with Crippen LogP contribution in [0.2, 0.25) is 0 Å². The lowest BCUT2D eigenvalue weighted by molar-refractivity contribution is 0.209. The number of benzene rings is 2. The summed E-state index contributed by atoms with van der Waals surface area (Å²) in [6.45, 7) is 1.69. The third kappa shape index (κ3) is 4.81. The molecule has 4 heterocycles. The number of H-pyrrole nitrogens is 1. The first kappa shape index (κ1) is 23.3. The second kappa shape index (κ2) is 9.77. The Balaban J connectivity index is 1.29. The molecule has 1 aliphatic rings. The number of pyridine rings is 1. The van der Waals surface area contributed by atoms with Crippen LogP contribution < -0.4 is 15.0 Å². The van der Waals surface area contributed by atoms with Gasteiger partial charge >= 0.3 is 6.09 Å². The minimum atomic E-state index is -1.20. The minimum absolute atomic E-state index is 0.115. The molecule has 1 aliphatic heterocycles. The molecule has 5 aromatic rings. The highest BCUT2D eigenvalue weighted by Crippen LogP contribution is 2.32. The first-order chi connectivity index (χ1) is 18.5. The number of hydrogen-bond acceptors (Lipinski definition) is 7. The Morgan fingerprint density at radius 1 is 1.13 bits per heavy atom. The second-order valence-corrected chi connectivity index (χ2v) is 8.85. The third-order valence-electron chi connectivity index (χ3n) is 6.28. The molecule has 0 aliphatic carbocycles. The summed E-state index contributed by atoms with van der Waals surface area (Å²) in [7, 11) is 0. The zero-order valence-corrected chi connectivity index (χ0v) is 20.1. The molecule has 3 N–H and O–H groups in total. The number of halogens is 1. The lowest BCUT2D eigenvalue weighted by atomic mass is 10.0. The van der Waals surface area contributed by atoms with E-state index in [0.717, 1.165) is 33.8 Å². The van der Waals surface area contributed by atoms with Crippen LogP contribution in [-0.2, 0) is 13.0 Å². The van der Waals surface area contributed by atoms with Gasteiger partial charge in [-0.2, -0.15) is 4.98 Å². The van der Waals surface area contributed by atoms with Gasteiger partial charge in [-0.15, -0.1) is 0 Å². The second-order valence-electron chi connectivity index (χ2n) is 8.85. The maximum absolute atomic E-state index is 13.4. The molecule has 0 saturated carbocycles. The van der Waals surface area contributed by atoms with E-state index in [9.17, 15) is 9.18 Å². The van der Waals surface area contributed by atoms with E-state index < -0.39 is 6.09 Å². The molecule has 11 heteroatoms. The van der Waals surface area contributed by atoms with Crippen molar-refractivity contribution in [1.29, 1.82) is 0 Å².